The number of rotatable bonds is 4. The van der Waals surface area contributed by atoms with E-state index in [1.165, 1.54) is 10.6 Å². The molecule has 1 aromatic heterocycles. The normalized spacial score (nSPS) is 11.1. The smallest absolute Gasteiger partial charge is 0.315 e. The van der Waals surface area contributed by atoms with Gasteiger partial charge in [0.1, 0.15) is 11.5 Å². The zero-order chi connectivity index (χ0) is 18.6. The fraction of sp³-hybridized carbons (Fsp3) is 0. The van der Waals surface area contributed by atoms with Crippen LogP contribution in [0.5, 0.6) is 11.5 Å². The van der Waals surface area contributed by atoms with E-state index in [4.69, 9.17) is 4.74 Å². The van der Waals surface area contributed by atoms with Crippen molar-refractivity contribution in [3.8, 4) is 11.5 Å². The van der Waals surface area contributed by atoms with Crippen LogP contribution in [0.3, 0.4) is 0 Å². The summed E-state index contributed by atoms with van der Waals surface area (Å²) in [5.74, 6) is 0.965. The van der Waals surface area contributed by atoms with Gasteiger partial charge in [0, 0.05) is 11.6 Å². The number of aromatic nitrogens is 1. The molecule has 27 heavy (non-hydrogen) atoms. The minimum absolute atomic E-state index is 0.292. The van der Waals surface area contributed by atoms with Gasteiger partial charge in [0.25, 0.3) is 5.91 Å². The van der Waals surface area contributed by atoms with Crippen molar-refractivity contribution in [2.24, 2.45) is 0 Å². The number of nitrogens with zero attached hydrogens (tertiary/aromatic N) is 1. The Morgan fingerprint density at radius 1 is 0.889 bits per heavy atom. The van der Waals surface area contributed by atoms with Crippen molar-refractivity contribution in [1.29, 1.82) is 0 Å². The topological polar surface area (TPSA) is 48.3 Å². The average Bonchev–Trinajstić information content (AvgIpc) is 3.03. The van der Waals surface area contributed by atoms with Crippen molar-refractivity contribution in [1.82, 2.24) is 4.57 Å². The van der Waals surface area contributed by atoms with E-state index in [9.17, 15) is 9.59 Å². The van der Waals surface area contributed by atoms with Gasteiger partial charge in [-0.05, 0) is 36.4 Å². The summed E-state index contributed by atoms with van der Waals surface area (Å²) in [5, 5.41) is 0. The second-order valence-electron chi connectivity index (χ2n) is 5.80. The van der Waals surface area contributed by atoms with Crippen LogP contribution in [0, 0.1) is 0 Å². The molecule has 0 aliphatic heterocycles. The molecular formula is C22H15NO3S. The second kappa shape index (κ2) is 7.43. The number of carbonyl (C=O) groups is 1. The molecule has 0 unspecified atom stereocenters. The number of ether oxygens (including phenoxy) is 1. The van der Waals surface area contributed by atoms with Crippen LogP contribution in [0.4, 0.5) is 0 Å². The molecule has 0 saturated carbocycles. The molecule has 0 atom stereocenters. The Morgan fingerprint density at radius 2 is 1.59 bits per heavy atom. The summed E-state index contributed by atoms with van der Waals surface area (Å²) >= 11 is 1.06. The number of carbonyl (C=O) groups excluding carboxylic acids is 1. The zero-order valence-corrected chi connectivity index (χ0v) is 15.1. The molecular weight excluding hydrogens is 358 g/mol. The van der Waals surface area contributed by atoms with E-state index in [1.54, 1.807) is 12.1 Å². The molecule has 0 bridgehead atoms. The number of hydrogen-bond donors (Lipinski definition) is 0. The Morgan fingerprint density at radius 3 is 2.44 bits per heavy atom. The van der Waals surface area contributed by atoms with Crippen LogP contribution in [0.15, 0.2) is 89.7 Å². The Labute approximate surface area is 159 Å². The van der Waals surface area contributed by atoms with E-state index in [1.807, 2.05) is 72.8 Å². The number of thiazole rings is 1. The molecule has 3 aromatic carbocycles. The lowest BCUT2D eigenvalue weighted by Crippen LogP contribution is -2.19. The highest BCUT2D eigenvalue weighted by Crippen LogP contribution is 2.26. The van der Waals surface area contributed by atoms with E-state index in [0.717, 1.165) is 21.6 Å². The molecule has 0 fully saturated rings. The summed E-state index contributed by atoms with van der Waals surface area (Å²) in [7, 11) is 0. The largest absolute Gasteiger partial charge is 0.457 e. The molecule has 0 spiro atoms. The zero-order valence-electron chi connectivity index (χ0n) is 14.2. The highest BCUT2D eigenvalue weighted by atomic mass is 32.1. The van der Waals surface area contributed by atoms with Crippen molar-refractivity contribution < 1.29 is 9.53 Å². The highest BCUT2D eigenvalue weighted by Gasteiger charge is 2.12. The third-order valence-corrected chi connectivity index (χ3v) is 4.92. The summed E-state index contributed by atoms with van der Waals surface area (Å²) in [4.78, 5) is 24.5. The molecule has 4 nitrogen and oxygen atoms in total. The number of para-hydroxylation sites is 3. The molecule has 0 amide bonds. The van der Waals surface area contributed by atoms with Crippen molar-refractivity contribution in [3.63, 3.8) is 0 Å². The minimum atomic E-state index is -0.382. The third kappa shape index (κ3) is 3.59. The highest BCUT2D eigenvalue weighted by molar-refractivity contribution is 7.16. The van der Waals surface area contributed by atoms with Gasteiger partial charge in [-0.1, -0.05) is 59.9 Å². The van der Waals surface area contributed by atoms with Crippen LogP contribution in [0.25, 0.3) is 16.3 Å². The lowest BCUT2D eigenvalue weighted by Gasteiger charge is -2.08. The predicted octanol–water partition coefficient (Wildman–Crippen LogP) is 5.21. The molecule has 0 aliphatic rings. The first-order valence-electron chi connectivity index (χ1n) is 8.37. The average molecular weight is 373 g/mol. The van der Waals surface area contributed by atoms with Gasteiger partial charge in [-0.25, -0.2) is 4.57 Å². The van der Waals surface area contributed by atoms with Gasteiger partial charge < -0.3 is 4.74 Å². The number of allylic oxidation sites excluding steroid dienone is 1. The van der Waals surface area contributed by atoms with E-state index < -0.39 is 0 Å². The van der Waals surface area contributed by atoms with Crippen molar-refractivity contribution in [2.45, 2.75) is 0 Å². The van der Waals surface area contributed by atoms with Gasteiger partial charge in [-0.2, -0.15) is 0 Å². The van der Waals surface area contributed by atoms with Crippen LogP contribution in [-0.4, -0.2) is 10.5 Å². The van der Waals surface area contributed by atoms with Crippen molar-refractivity contribution in [3.05, 3.63) is 100 Å². The van der Waals surface area contributed by atoms with Gasteiger partial charge in [0.2, 0.25) is 0 Å². The fourth-order valence-corrected chi connectivity index (χ4v) is 3.62. The second-order valence-corrected chi connectivity index (χ2v) is 6.79. The maximum Gasteiger partial charge on any atom is 0.315 e. The van der Waals surface area contributed by atoms with Gasteiger partial charge in [0.15, 0.2) is 0 Å². The number of hydrogen-bond acceptors (Lipinski definition) is 4. The summed E-state index contributed by atoms with van der Waals surface area (Å²) < 4.78 is 7.88. The maximum absolute atomic E-state index is 12.6. The molecule has 0 saturated heterocycles. The van der Waals surface area contributed by atoms with Crippen LogP contribution in [-0.2, 0) is 0 Å². The van der Waals surface area contributed by atoms with Crippen molar-refractivity contribution in [2.75, 3.05) is 0 Å². The predicted molar refractivity (Wildman–Crippen MR) is 109 cm³/mol. The lowest BCUT2D eigenvalue weighted by molar-refractivity contribution is 0.0972. The van der Waals surface area contributed by atoms with Gasteiger partial charge >= 0.3 is 4.87 Å². The van der Waals surface area contributed by atoms with Crippen LogP contribution < -0.4 is 9.61 Å². The van der Waals surface area contributed by atoms with Gasteiger partial charge in [-0.15, -0.1) is 0 Å². The van der Waals surface area contributed by atoms with Crippen LogP contribution in [0.2, 0.25) is 0 Å². The van der Waals surface area contributed by atoms with Crippen molar-refractivity contribution >= 4 is 33.5 Å². The SMILES string of the molecule is O=C(C=Cc1ccccc1Oc1ccccc1)n1c(=O)sc2ccccc21. The van der Waals surface area contributed by atoms with E-state index in [2.05, 4.69) is 0 Å². The Balaban J connectivity index is 1.64. The molecule has 0 N–H and O–H groups in total. The van der Waals surface area contributed by atoms with Gasteiger partial charge in [-0.3, -0.25) is 9.59 Å². The molecule has 1 heterocycles. The summed E-state index contributed by atoms with van der Waals surface area (Å²) in [6.07, 6.45) is 3.06. The third-order valence-electron chi connectivity index (χ3n) is 4.00. The monoisotopic (exact) mass is 373 g/mol. The molecule has 0 radical (unpaired) electrons. The first-order chi connectivity index (χ1) is 13.2. The van der Waals surface area contributed by atoms with E-state index in [-0.39, 0.29) is 10.8 Å². The Bertz CT molecular complexity index is 1190. The number of benzene rings is 3. The van der Waals surface area contributed by atoms with Crippen LogP contribution in [0.1, 0.15) is 10.4 Å². The number of fused-ring (bicyclic) bond motifs is 1. The molecule has 4 aromatic rings. The first kappa shape index (κ1) is 17.0. The summed E-state index contributed by atoms with van der Waals surface area (Å²) in [6.45, 7) is 0. The lowest BCUT2D eigenvalue weighted by atomic mass is 10.2. The first-order valence-corrected chi connectivity index (χ1v) is 9.19. The Kier molecular flexibility index (Phi) is 4.68. The molecule has 5 heteroatoms. The molecule has 132 valence electrons. The Hall–Kier alpha value is -3.44. The summed E-state index contributed by atoms with van der Waals surface area (Å²) in [5.41, 5.74) is 1.37. The maximum atomic E-state index is 12.6. The minimum Gasteiger partial charge on any atom is -0.457 e. The quantitative estimate of drug-likeness (QED) is 0.462. The van der Waals surface area contributed by atoms with Gasteiger partial charge in [0.05, 0.1) is 10.2 Å². The van der Waals surface area contributed by atoms with Crippen LogP contribution >= 0.6 is 11.3 Å². The fourth-order valence-electron chi connectivity index (χ4n) is 2.74. The van der Waals surface area contributed by atoms with E-state index in [0.29, 0.717) is 17.0 Å². The molecule has 4 rings (SSSR count). The molecule has 0 aliphatic carbocycles. The van der Waals surface area contributed by atoms with E-state index >= 15 is 0 Å². The summed E-state index contributed by atoms with van der Waals surface area (Å²) in [6, 6.07) is 24.1. The standard InChI is InChI=1S/C22H15NO3S/c24-21(23-18-11-5-7-13-20(18)27-22(23)25)15-14-16-8-4-6-12-19(16)26-17-9-2-1-3-10-17/h1-15H.